The van der Waals surface area contributed by atoms with Crippen LogP contribution in [0.25, 0.3) is 10.7 Å². The average Bonchev–Trinajstić information content (AvgIpc) is 3.33. The van der Waals surface area contributed by atoms with Gasteiger partial charge in [-0.15, -0.1) is 11.3 Å². The quantitative estimate of drug-likeness (QED) is 0.750. The first-order chi connectivity index (χ1) is 12.7. The van der Waals surface area contributed by atoms with Gasteiger partial charge in [0.1, 0.15) is 5.82 Å². The predicted octanol–water partition coefficient (Wildman–Crippen LogP) is 3.09. The molecule has 1 atom stereocenters. The van der Waals surface area contributed by atoms with Gasteiger partial charge >= 0.3 is 0 Å². The van der Waals surface area contributed by atoms with Crippen LogP contribution in [0.2, 0.25) is 0 Å². The normalized spacial score (nSPS) is 18.3. The molecule has 1 aliphatic heterocycles. The number of hydrogen-bond donors (Lipinski definition) is 1. The Kier molecular flexibility index (Phi) is 4.99. The molecule has 0 aromatic carbocycles. The molecule has 0 spiro atoms. The van der Waals surface area contributed by atoms with Gasteiger partial charge in [-0.2, -0.15) is 5.10 Å². The summed E-state index contributed by atoms with van der Waals surface area (Å²) < 4.78 is 1.96. The highest BCUT2D eigenvalue weighted by Crippen LogP contribution is 2.28. The zero-order valence-electron chi connectivity index (χ0n) is 14.9. The molecule has 1 unspecified atom stereocenters. The fraction of sp³-hybridized carbons (Fsp3) is 0.421. The first-order valence-corrected chi connectivity index (χ1v) is 9.98. The number of H-pyrrole nitrogens is 1. The van der Waals surface area contributed by atoms with Crippen LogP contribution in [-0.2, 0) is 13.1 Å². The van der Waals surface area contributed by atoms with Gasteiger partial charge in [-0.3, -0.25) is 14.4 Å². The van der Waals surface area contributed by atoms with Crippen molar-refractivity contribution in [1.29, 1.82) is 0 Å². The summed E-state index contributed by atoms with van der Waals surface area (Å²) in [7, 11) is 0. The molecular formula is C19H23N5OS. The van der Waals surface area contributed by atoms with E-state index < -0.39 is 0 Å². The summed E-state index contributed by atoms with van der Waals surface area (Å²) in [6, 6.07) is 5.64. The number of nitrogens with one attached hydrogen (secondary N) is 1. The second kappa shape index (κ2) is 7.55. The molecule has 0 radical (unpaired) electrons. The Hall–Kier alpha value is -2.25. The molecule has 6 nitrogen and oxygen atoms in total. The number of thiophene rings is 1. The summed E-state index contributed by atoms with van der Waals surface area (Å²) in [5.41, 5.74) is 2.08. The van der Waals surface area contributed by atoms with Gasteiger partial charge in [0, 0.05) is 43.4 Å². The number of likely N-dealkylation sites (tertiary alicyclic amines) is 1. The van der Waals surface area contributed by atoms with Crippen LogP contribution in [-0.4, -0.2) is 37.7 Å². The molecule has 136 valence electrons. The van der Waals surface area contributed by atoms with Crippen molar-refractivity contribution in [2.45, 2.75) is 38.8 Å². The van der Waals surface area contributed by atoms with Gasteiger partial charge < -0.3 is 4.98 Å². The molecule has 4 heterocycles. The highest BCUT2D eigenvalue weighted by molar-refractivity contribution is 7.13. The first kappa shape index (κ1) is 17.2. The smallest absolute Gasteiger partial charge is 0.251 e. The van der Waals surface area contributed by atoms with Crippen LogP contribution in [0, 0.1) is 0 Å². The summed E-state index contributed by atoms with van der Waals surface area (Å²) >= 11 is 1.59. The number of hydrogen-bond acceptors (Lipinski definition) is 5. The lowest BCUT2D eigenvalue weighted by molar-refractivity contribution is 0.198. The fourth-order valence-electron chi connectivity index (χ4n) is 3.58. The number of rotatable bonds is 5. The number of piperidine rings is 1. The highest BCUT2D eigenvalue weighted by Gasteiger charge is 2.23. The van der Waals surface area contributed by atoms with Crippen LogP contribution in [0.4, 0.5) is 0 Å². The lowest BCUT2D eigenvalue weighted by Crippen LogP contribution is -2.34. The van der Waals surface area contributed by atoms with Gasteiger partial charge in [0.15, 0.2) is 0 Å². The fourth-order valence-corrected chi connectivity index (χ4v) is 4.24. The van der Waals surface area contributed by atoms with Gasteiger partial charge in [0.05, 0.1) is 16.8 Å². The number of aromatic nitrogens is 4. The molecule has 0 amide bonds. The zero-order chi connectivity index (χ0) is 17.9. The molecule has 0 aliphatic carbocycles. The monoisotopic (exact) mass is 369 g/mol. The number of aromatic amines is 1. The van der Waals surface area contributed by atoms with E-state index >= 15 is 0 Å². The van der Waals surface area contributed by atoms with Crippen molar-refractivity contribution in [3.63, 3.8) is 0 Å². The molecule has 3 aromatic rings. The largest absolute Gasteiger partial charge is 0.306 e. The molecule has 0 bridgehead atoms. The van der Waals surface area contributed by atoms with Crippen molar-refractivity contribution in [2.75, 3.05) is 13.1 Å². The van der Waals surface area contributed by atoms with Crippen molar-refractivity contribution in [2.24, 2.45) is 0 Å². The molecule has 0 saturated carbocycles. The molecule has 1 N–H and O–H groups in total. The minimum Gasteiger partial charge on any atom is -0.306 e. The van der Waals surface area contributed by atoms with Gasteiger partial charge in [-0.05, 0) is 37.8 Å². The van der Waals surface area contributed by atoms with E-state index in [1.54, 1.807) is 17.4 Å². The Morgan fingerprint density at radius 1 is 1.42 bits per heavy atom. The van der Waals surface area contributed by atoms with Gasteiger partial charge in [0.25, 0.3) is 5.56 Å². The summed E-state index contributed by atoms with van der Waals surface area (Å²) in [5.74, 6) is 0.981. The lowest BCUT2D eigenvalue weighted by atomic mass is 9.94. The molecule has 3 aromatic heterocycles. The Morgan fingerprint density at radius 3 is 3.12 bits per heavy atom. The molecule has 1 aliphatic rings. The van der Waals surface area contributed by atoms with E-state index in [0.29, 0.717) is 11.7 Å². The van der Waals surface area contributed by atoms with Crippen molar-refractivity contribution in [1.82, 2.24) is 24.6 Å². The highest BCUT2D eigenvalue weighted by atomic mass is 32.1. The van der Waals surface area contributed by atoms with Crippen molar-refractivity contribution >= 4 is 11.3 Å². The maximum Gasteiger partial charge on any atom is 0.251 e. The minimum absolute atomic E-state index is 0.0697. The van der Waals surface area contributed by atoms with E-state index in [-0.39, 0.29) is 5.56 Å². The molecule has 1 fully saturated rings. The number of aryl methyl sites for hydroxylation is 1. The summed E-state index contributed by atoms with van der Waals surface area (Å²) in [6.45, 7) is 5.90. The van der Waals surface area contributed by atoms with Crippen molar-refractivity contribution in [3.05, 3.63) is 57.6 Å². The average molecular weight is 369 g/mol. The first-order valence-electron chi connectivity index (χ1n) is 9.10. The van der Waals surface area contributed by atoms with Crippen LogP contribution in [0.5, 0.6) is 0 Å². The van der Waals surface area contributed by atoms with Gasteiger partial charge in [-0.1, -0.05) is 6.07 Å². The Labute approximate surface area is 156 Å². The molecule has 1 saturated heterocycles. The zero-order valence-corrected chi connectivity index (χ0v) is 15.7. The van der Waals surface area contributed by atoms with Crippen molar-refractivity contribution < 1.29 is 0 Å². The topological polar surface area (TPSA) is 66.8 Å². The third kappa shape index (κ3) is 3.78. The van der Waals surface area contributed by atoms with Gasteiger partial charge in [0.2, 0.25) is 0 Å². The summed E-state index contributed by atoms with van der Waals surface area (Å²) in [4.78, 5) is 23.2. The summed E-state index contributed by atoms with van der Waals surface area (Å²) in [5, 5.41) is 6.36. The van der Waals surface area contributed by atoms with Crippen molar-refractivity contribution in [3.8, 4) is 10.7 Å². The van der Waals surface area contributed by atoms with E-state index in [1.807, 2.05) is 28.4 Å². The van der Waals surface area contributed by atoms with Crippen LogP contribution in [0.1, 0.15) is 36.9 Å². The third-order valence-electron chi connectivity index (χ3n) is 4.86. The molecule has 26 heavy (non-hydrogen) atoms. The molecule has 7 heteroatoms. The second-order valence-corrected chi connectivity index (χ2v) is 7.72. The molecular weight excluding hydrogens is 346 g/mol. The Morgan fingerprint density at radius 2 is 2.35 bits per heavy atom. The van der Waals surface area contributed by atoms with E-state index in [1.165, 1.54) is 5.56 Å². The maximum absolute atomic E-state index is 12.1. The lowest BCUT2D eigenvalue weighted by Gasteiger charge is -2.32. The Bertz CT molecular complexity index is 914. The Balaban J connectivity index is 1.51. The second-order valence-electron chi connectivity index (χ2n) is 6.77. The number of nitrogens with zero attached hydrogens (tertiary/aromatic N) is 4. The summed E-state index contributed by atoms with van der Waals surface area (Å²) in [6.07, 6.45) is 6.26. The minimum atomic E-state index is -0.0697. The maximum atomic E-state index is 12.1. The molecule has 4 rings (SSSR count). The van der Waals surface area contributed by atoms with E-state index in [2.05, 4.69) is 28.1 Å². The van der Waals surface area contributed by atoms with E-state index in [9.17, 15) is 4.79 Å². The van der Waals surface area contributed by atoms with E-state index in [4.69, 9.17) is 4.98 Å². The van der Waals surface area contributed by atoms with Crippen LogP contribution >= 0.6 is 11.3 Å². The van der Waals surface area contributed by atoms with Gasteiger partial charge in [-0.25, -0.2) is 4.98 Å². The van der Waals surface area contributed by atoms with Crippen LogP contribution in [0.15, 0.2) is 40.8 Å². The third-order valence-corrected chi connectivity index (χ3v) is 5.73. The predicted molar refractivity (Wildman–Crippen MR) is 103 cm³/mol. The van der Waals surface area contributed by atoms with Crippen LogP contribution < -0.4 is 5.56 Å². The SMILES string of the molecule is CCn1cc(CN2CCCC(c3cc(=O)[nH]c(-c4cccs4)n3)C2)cn1. The van der Waals surface area contributed by atoms with E-state index in [0.717, 1.165) is 49.6 Å². The van der Waals surface area contributed by atoms with Crippen LogP contribution in [0.3, 0.4) is 0 Å². The standard InChI is InChI=1S/C19H23N5OS/c1-2-24-12-14(10-20-24)11-23-7-3-5-15(13-23)16-9-18(25)22-19(21-16)17-6-4-8-26-17/h4,6,8-10,12,15H,2-3,5,7,11,13H2,1H3,(H,21,22,25).